The van der Waals surface area contributed by atoms with Gasteiger partial charge in [0.2, 0.25) is 0 Å². The van der Waals surface area contributed by atoms with Gasteiger partial charge in [-0.25, -0.2) is 0 Å². The first-order valence-corrected chi connectivity index (χ1v) is 9.09. The highest BCUT2D eigenvalue weighted by atomic mass is 127. The van der Waals surface area contributed by atoms with Crippen LogP contribution in [-0.2, 0) is 6.54 Å². The summed E-state index contributed by atoms with van der Waals surface area (Å²) in [7, 11) is 0. The first-order chi connectivity index (χ1) is 10.2. The van der Waals surface area contributed by atoms with Gasteiger partial charge >= 0.3 is 0 Å². The van der Waals surface area contributed by atoms with Crippen LogP contribution in [0.25, 0.3) is 0 Å². The Kier molecular flexibility index (Phi) is 12.8. The molecular weight excluding hydrogens is 409 g/mol. The summed E-state index contributed by atoms with van der Waals surface area (Å²) < 4.78 is 2.06. The molecule has 1 aromatic rings. The summed E-state index contributed by atoms with van der Waals surface area (Å²) in [5.74, 6) is 2.11. The van der Waals surface area contributed by atoms with Crippen molar-refractivity contribution in [3.63, 3.8) is 0 Å². The van der Waals surface area contributed by atoms with Crippen LogP contribution in [0, 0.1) is 13.8 Å². The second-order valence-corrected chi connectivity index (χ2v) is 6.02. The lowest BCUT2D eigenvalue weighted by atomic mass is 10.4. The van der Waals surface area contributed by atoms with Crippen LogP contribution in [0.3, 0.4) is 0 Å². The summed E-state index contributed by atoms with van der Waals surface area (Å²) in [6.07, 6.45) is 4.30. The summed E-state index contributed by atoms with van der Waals surface area (Å²) in [4.78, 5) is 4.61. The molecule has 0 aliphatic carbocycles. The lowest BCUT2D eigenvalue weighted by Gasteiger charge is -2.11. The maximum Gasteiger partial charge on any atom is 0.191 e. The number of rotatable bonds is 9. The van der Waals surface area contributed by atoms with Crippen molar-refractivity contribution in [2.75, 3.05) is 31.6 Å². The molecule has 1 rings (SSSR count). The molecule has 0 amide bonds. The monoisotopic (exact) mass is 439 g/mol. The Hall–Kier alpha value is -0.440. The average Bonchev–Trinajstić information content (AvgIpc) is 2.77. The average molecular weight is 439 g/mol. The van der Waals surface area contributed by atoms with E-state index in [1.54, 1.807) is 0 Å². The van der Waals surface area contributed by atoms with Gasteiger partial charge in [0.15, 0.2) is 5.96 Å². The van der Waals surface area contributed by atoms with Crippen molar-refractivity contribution in [2.24, 2.45) is 4.99 Å². The Labute approximate surface area is 156 Å². The third-order valence-electron chi connectivity index (χ3n) is 3.06. The third-order valence-corrected chi connectivity index (χ3v) is 3.76. The summed E-state index contributed by atoms with van der Waals surface area (Å²) in [5.41, 5.74) is 2.30. The van der Waals surface area contributed by atoms with Crippen molar-refractivity contribution in [3.8, 4) is 0 Å². The molecule has 0 saturated heterocycles. The highest BCUT2D eigenvalue weighted by molar-refractivity contribution is 14.0. The van der Waals surface area contributed by atoms with Crippen LogP contribution in [0.2, 0.25) is 0 Å². The molecule has 0 fully saturated rings. The predicted molar refractivity (Wildman–Crippen MR) is 109 cm³/mol. The maximum absolute atomic E-state index is 4.61. The molecule has 0 aromatic carbocycles. The number of guanidine groups is 1. The molecule has 0 unspecified atom stereocenters. The number of nitrogens with zero attached hydrogens (tertiary/aromatic N) is 3. The molecule has 7 heteroatoms. The van der Waals surface area contributed by atoms with Crippen LogP contribution in [0.4, 0.5) is 0 Å². The zero-order chi connectivity index (χ0) is 15.5. The standard InChI is InChI=1S/C15H29N5S.HI/c1-5-16-15(18-9-7-11-21-4)17-8-6-10-20-14(3)12-13(2)19-20;/h12H,5-11H2,1-4H3,(H2,16,17,18);1H. The van der Waals surface area contributed by atoms with Crippen LogP contribution in [0.1, 0.15) is 31.2 Å². The van der Waals surface area contributed by atoms with Gasteiger partial charge in [-0.3, -0.25) is 9.67 Å². The molecule has 0 aliphatic heterocycles. The van der Waals surface area contributed by atoms with E-state index in [4.69, 9.17) is 0 Å². The quantitative estimate of drug-likeness (QED) is 0.269. The normalized spacial score (nSPS) is 11.2. The van der Waals surface area contributed by atoms with E-state index in [0.717, 1.165) is 50.7 Å². The number of nitrogens with one attached hydrogen (secondary N) is 2. The molecule has 128 valence electrons. The number of aromatic nitrogens is 2. The van der Waals surface area contributed by atoms with Gasteiger partial charge in [-0.15, -0.1) is 24.0 Å². The second-order valence-electron chi connectivity index (χ2n) is 5.04. The van der Waals surface area contributed by atoms with Gasteiger partial charge < -0.3 is 10.6 Å². The van der Waals surface area contributed by atoms with Gasteiger partial charge in [0.25, 0.3) is 0 Å². The zero-order valence-electron chi connectivity index (χ0n) is 14.2. The second kappa shape index (κ2) is 13.0. The van der Waals surface area contributed by atoms with Gasteiger partial charge in [0.1, 0.15) is 0 Å². The Morgan fingerprint density at radius 2 is 2.09 bits per heavy atom. The van der Waals surface area contributed by atoms with E-state index in [0.29, 0.717) is 0 Å². The fraction of sp³-hybridized carbons (Fsp3) is 0.733. The first kappa shape index (κ1) is 21.6. The van der Waals surface area contributed by atoms with E-state index in [1.807, 2.05) is 18.7 Å². The van der Waals surface area contributed by atoms with Crippen molar-refractivity contribution in [3.05, 3.63) is 17.5 Å². The predicted octanol–water partition coefficient (Wildman–Crippen LogP) is 2.82. The maximum atomic E-state index is 4.61. The fourth-order valence-electron chi connectivity index (χ4n) is 2.08. The van der Waals surface area contributed by atoms with E-state index >= 15 is 0 Å². The zero-order valence-corrected chi connectivity index (χ0v) is 17.3. The molecule has 0 aliphatic rings. The minimum absolute atomic E-state index is 0. The van der Waals surface area contributed by atoms with Crippen molar-refractivity contribution < 1.29 is 0 Å². The molecule has 0 bridgehead atoms. The molecule has 0 atom stereocenters. The number of hydrogen-bond acceptors (Lipinski definition) is 3. The summed E-state index contributed by atoms with van der Waals surface area (Å²) >= 11 is 1.88. The van der Waals surface area contributed by atoms with Crippen molar-refractivity contribution >= 4 is 41.7 Å². The number of aryl methyl sites for hydroxylation is 3. The molecule has 5 nitrogen and oxygen atoms in total. The van der Waals surface area contributed by atoms with Crippen LogP contribution in [0.15, 0.2) is 11.1 Å². The van der Waals surface area contributed by atoms with Crippen LogP contribution in [-0.4, -0.2) is 47.4 Å². The van der Waals surface area contributed by atoms with E-state index in [9.17, 15) is 0 Å². The lowest BCUT2D eigenvalue weighted by Crippen LogP contribution is -2.38. The summed E-state index contributed by atoms with van der Waals surface area (Å²) in [6.45, 7) is 9.83. The van der Waals surface area contributed by atoms with E-state index < -0.39 is 0 Å². The largest absolute Gasteiger partial charge is 0.357 e. The summed E-state index contributed by atoms with van der Waals surface area (Å²) in [6, 6.07) is 2.11. The number of hydrogen-bond donors (Lipinski definition) is 2. The molecule has 0 radical (unpaired) electrons. The molecular formula is C15H30IN5S. The van der Waals surface area contributed by atoms with Gasteiger partial charge in [-0.1, -0.05) is 0 Å². The molecule has 0 spiro atoms. The van der Waals surface area contributed by atoms with Gasteiger partial charge in [-0.2, -0.15) is 16.9 Å². The van der Waals surface area contributed by atoms with Crippen LogP contribution < -0.4 is 10.6 Å². The van der Waals surface area contributed by atoms with Gasteiger partial charge in [-0.05, 0) is 51.7 Å². The Morgan fingerprint density at radius 3 is 2.68 bits per heavy atom. The minimum Gasteiger partial charge on any atom is -0.357 e. The number of thioether (sulfide) groups is 1. The summed E-state index contributed by atoms with van der Waals surface area (Å²) in [5, 5.41) is 11.1. The van der Waals surface area contributed by atoms with Crippen LogP contribution >= 0.6 is 35.7 Å². The highest BCUT2D eigenvalue weighted by Crippen LogP contribution is 2.02. The Morgan fingerprint density at radius 1 is 1.32 bits per heavy atom. The van der Waals surface area contributed by atoms with E-state index in [2.05, 4.69) is 51.6 Å². The Bertz CT molecular complexity index is 434. The van der Waals surface area contributed by atoms with E-state index in [1.165, 1.54) is 11.4 Å². The molecule has 1 aromatic heterocycles. The molecule has 0 saturated carbocycles. The van der Waals surface area contributed by atoms with E-state index in [-0.39, 0.29) is 24.0 Å². The van der Waals surface area contributed by atoms with Crippen molar-refractivity contribution in [2.45, 2.75) is 40.2 Å². The number of aliphatic imine (C=N–C) groups is 1. The SMILES string of the molecule is CCNC(=NCCCn1nc(C)cc1C)NCCCSC.I. The Balaban J connectivity index is 0.00000441. The smallest absolute Gasteiger partial charge is 0.191 e. The number of halogens is 1. The van der Waals surface area contributed by atoms with Gasteiger partial charge in [0, 0.05) is 31.9 Å². The third kappa shape index (κ3) is 8.87. The molecule has 22 heavy (non-hydrogen) atoms. The first-order valence-electron chi connectivity index (χ1n) is 7.69. The highest BCUT2D eigenvalue weighted by Gasteiger charge is 2.00. The molecule has 2 N–H and O–H groups in total. The van der Waals surface area contributed by atoms with Gasteiger partial charge in [0.05, 0.1) is 5.69 Å². The fourth-order valence-corrected chi connectivity index (χ4v) is 2.51. The minimum atomic E-state index is 0. The van der Waals surface area contributed by atoms with Crippen molar-refractivity contribution in [1.29, 1.82) is 0 Å². The lowest BCUT2D eigenvalue weighted by molar-refractivity contribution is 0.567. The van der Waals surface area contributed by atoms with Crippen LogP contribution in [0.5, 0.6) is 0 Å². The topological polar surface area (TPSA) is 54.2 Å². The molecule has 1 heterocycles. The van der Waals surface area contributed by atoms with Crippen molar-refractivity contribution in [1.82, 2.24) is 20.4 Å².